The maximum Gasteiger partial charge on any atom is 0.266 e. The standard InChI is InChI=1S/C26H25N5O2/c1-18-14-19(2)31(27-18)24-12-13-25(32)30(28-24)17-20-15-29(16-20)26(33)23-10-8-22(9-11-23)21-6-4-3-5-7-21/h3-14,20H,15-17H2,1-2H3. The monoisotopic (exact) mass is 439 g/mol. The summed E-state index contributed by atoms with van der Waals surface area (Å²) < 4.78 is 3.22. The van der Waals surface area contributed by atoms with E-state index in [2.05, 4.69) is 22.3 Å². The van der Waals surface area contributed by atoms with E-state index in [1.807, 2.05) is 67.3 Å². The van der Waals surface area contributed by atoms with Gasteiger partial charge < -0.3 is 4.90 Å². The molecule has 4 aromatic rings. The fraction of sp³-hybridized carbons (Fsp3) is 0.231. The number of hydrogen-bond donors (Lipinski definition) is 0. The molecule has 2 aromatic heterocycles. The summed E-state index contributed by atoms with van der Waals surface area (Å²) in [5.41, 5.74) is 4.60. The highest BCUT2D eigenvalue weighted by Crippen LogP contribution is 2.23. The normalized spacial score (nSPS) is 13.7. The zero-order valence-corrected chi connectivity index (χ0v) is 18.7. The van der Waals surface area contributed by atoms with Gasteiger partial charge in [0.05, 0.1) is 12.2 Å². The number of carbonyl (C=O) groups excluding carboxylic acids is 1. The molecule has 3 heterocycles. The van der Waals surface area contributed by atoms with E-state index in [0.717, 1.165) is 22.5 Å². The van der Waals surface area contributed by atoms with E-state index in [-0.39, 0.29) is 17.4 Å². The van der Waals surface area contributed by atoms with Crippen molar-refractivity contribution < 1.29 is 4.79 Å². The lowest BCUT2D eigenvalue weighted by Crippen LogP contribution is -2.52. The molecule has 1 aliphatic rings. The highest BCUT2D eigenvalue weighted by atomic mass is 16.2. The maximum absolute atomic E-state index is 12.8. The van der Waals surface area contributed by atoms with Crippen LogP contribution < -0.4 is 5.56 Å². The molecule has 1 amide bonds. The molecule has 33 heavy (non-hydrogen) atoms. The van der Waals surface area contributed by atoms with Gasteiger partial charge in [0.2, 0.25) is 0 Å². The third-order valence-electron chi connectivity index (χ3n) is 5.99. The summed E-state index contributed by atoms with van der Waals surface area (Å²) in [6.07, 6.45) is 0. The van der Waals surface area contributed by atoms with Crippen molar-refractivity contribution in [2.45, 2.75) is 20.4 Å². The number of aryl methyl sites for hydroxylation is 2. The minimum atomic E-state index is -0.151. The molecule has 0 radical (unpaired) electrons. The lowest BCUT2D eigenvalue weighted by Gasteiger charge is -2.39. The third-order valence-corrected chi connectivity index (χ3v) is 5.99. The van der Waals surface area contributed by atoms with E-state index >= 15 is 0 Å². The van der Waals surface area contributed by atoms with Crippen molar-refractivity contribution in [2.24, 2.45) is 5.92 Å². The second kappa shape index (κ2) is 8.50. The second-order valence-electron chi connectivity index (χ2n) is 8.57. The van der Waals surface area contributed by atoms with Gasteiger partial charge in [-0.15, -0.1) is 5.10 Å². The summed E-state index contributed by atoms with van der Waals surface area (Å²) in [5.74, 6) is 0.826. The van der Waals surface area contributed by atoms with E-state index in [4.69, 9.17) is 0 Å². The van der Waals surface area contributed by atoms with Gasteiger partial charge in [0.1, 0.15) is 0 Å². The lowest BCUT2D eigenvalue weighted by molar-refractivity contribution is 0.0458. The number of benzene rings is 2. The number of carbonyl (C=O) groups is 1. The first-order valence-corrected chi connectivity index (χ1v) is 11.0. The van der Waals surface area contributed by atoms with Crippen LogP contribution >= 0.6 is 0 Å². The van der Waals surface area contributed by atoms with Gasteiger partial charge in [0, 0.05) is 36.3 Å². The minimum absolute atomic E-state index is 0.0163. The van der Waals surface area contributed by atoms with Crippen LogP contribution in [0.5, 0.6) is 0 Å². The molecule has 1 aliphatic heterocycles. The Hall–Kier alpha value is -4.00. The van der Waals surface area contributed by atoms with Crippen LogP contribution in [0, 0.1) is 19.8 Å². The Bertz CT molecular complexity index is 1350. The summed E-state index contributed by atoms with van der Waals surface area (Å²) in [4.78, 5) is 27.0. The zero-order chi connectivity index (χ0) is 22.9. The summed E-state index contributed by atoms with van der Waals surface area (Å²) in [5, 5.41) is 8.95. The molecule has 0 unspecified atom stereocenters. The highest BCUT2D eigenvalue weighted by molar-refractivity contribution is 5.95. The van der Waals surface area contributed by atoms with Gasteiger partial charge in [-0.25, -0.2) is 9.36 Å². The molecular formula is C26H25N5O2. The average molecular weight is 440 g/mol. The first-order chi connectivity index (χ1) is 16.0. The molecule has 0 saturated carbocycles. The van der Waals surface area contributed by atoms with Crippen LogP contribution in [0.3, 0.4) is 0 Å². The molecule has 0 spiro atoms. The van der Waals surface area contributed by atoms with Gasteiger partial charge in [-0.1, -0.05) is 42.5 Å². The summed E-state index contributed by atoms with van der Waals surface area (Å²) in [6.45, 7) is 5.57. The number of amides is 1. The van der Waals surface area contributed by atoms with Gasteiger partial charge in [-0.3, -0.25) is 9.59 Å². The second-order valence-corrected chi connectivity index (χ2v) is 8.57. The van der Waals surface area contributed by atoms with Crippen LogP contribution in [0.2, 0.25) is 0 Å². The van der Waals surface area contributed by atoms with E-state index < -0.39 is 0 Å². The minimum Gasteiger partial charge on any atom is -0.338 e. The van der Waals surface area contributed by atoms with Crippen molar-refractivity contribution in [1.82, 2.24) is 24.5 Å². The molecule has 7 nitrogen and oxygen atoms in total. The Morgan fingerprint density at radius 3 is 2.27 bits per heavy atom. The van der Waals surface area contributed by atoms with Crippen LogP contribution in [0.4, 0.5) is 0 Å². The maximum atomic E-state index is 12.8. The SMILES string of the molecule is Cc1cc(C)n(-c2ccc(=O)n(CC3CN(C(=O)c4ccc(-c5ccccc5)cc4)C3)n2)n1. The largest absolute Gasteiger partial charge is 0.338 e. The Labute approximate surface area is 191 Å². The van der Waals surface area contributed by atoms with Crippen LogP contribution in [-0.2, 0) is 6.54 Å². The lowest BCUT2D eigenvalue weighted by atomic mass is 9.98. The van der Waals surface area contributed by atoms with E-state index in [0.29, 0.717) is 31.0 Å². The third kappa shape index (κ3) is 4.22. The topological polar surface area (TPSA) is 73.0 Å². The van der Waals surface area contributed by atoms with Crippen LogP contribution in [-0.4, -0.2) is 43.5 Å². The quantitative estimate of drug-likeness (QED) is 0.477. The van der Waals surface area contributed by atoms with Gasteiger partial charge >= 0.3 is 0 Å². The molecule has 0 atom stereocenters. The van der Waals surface area contributed by atoms with Crippen molar-refractivity contribution in [2.75, 3.05) is 13.1 Å². The van der Waals surface area contributed by atoms with E-state index in [9.17, 15) is 9.59 Å². The molecule has 0 aliphatic carbocycles. The van der Waals surface area contributed by atoms with Gasteiger partial charge in [-0.05, 0) is 49.2 Å². The molecule has 0 bridgehead atoms. The van der Waals surface area contributed by atoms with Crippen molar-refractivity contribution >= 4 is 5.91 Å². The Balaban J connectivity index is 1.23. The molecule has 1 fully saturated rings. The highest BCUT2D eigenvalue weighted by Gasteiger charge is 2.32. The smallest absolute Gasteiger partial charge is 0.266 e. The van der Waals surface area contributed by atoms with Crippen molar-refractivity contribution in [3.8, 4) is 16.9 Å². The van der Waals surface area contributed by atoms with Gasteiger partial charge in [0.15, 0.2) is 5.82 Å². The summed E-state index contributed by atoms with van der Waals surface area (Å²) in [7, 11) is 0. The molecule has 5 rings (SSSR count). The van der Waals surface area contributed by atoms with Crippen LogP contribution in [0.25, 0.3) is 16.9 Å². The summed E-state index contributed by atoms with van der Waals surface area (Å²) in [6, 6.07) is 23.0. The number of hydrogen-bond acceptors (Lipinski definition) is 4. The van der Waals surface area contributed by atoms with Crippen LogP contribution in [0.1, 0.15) is 21.7 Å². The van der Waals surface area contributed by atoms with Gasteiger partial charge in [0.25, 0.3) is 11.5 Å². The van der Waals surface area contributed by atoms with Crippen molar-refractivity contribution in [3.63, 3.8) is 0 Å². The van der Waals surface area contributed by atoms with Crippen LogP contribution in [0.15, 0.2) is 77.6 Å². The summed E-state index contributed by atoms with van der Waals surface area (Å²) >= 11 is 0. The molecule has 2 aromatic carbocycles. The van der Waals surface area contributed by atoms with Crippen molar-refractivity contribution in [1.29, 1.82) is 0 Å². The Morgan fingerprint density at radius 2 is 1.61 bits per heavy atom. The zero-order valence-electron chi connectivity index (χ0n) is 18.7. The van der Waals surface area contributed by atoms with E-state index in [1.54, 1.807) is 10.7 Å². The Kier molecular flexibility index (Phi) is 5.38. The van der Waals surface area contributed by atoms with Crippen molar-refractivity contribution in [3.05, 3.63) is 100 Å². The van der Waals surface area contributed by atoms with E-state index in [1.165, 1.54) is 10.7 Å². The average Bonchev–Trinajstić information content (AvgIpc) is 3.15. The number of nitrogens with zero attached hydrogens (tertiary/aromatic N) is 5. The first kappa shape index (κ1) is 20.9. The number of likely N-dealkylation sites (tertiary alicyclic amines) is 1. The molecule has 0 N–H and O–H groups in total. The first-order valence-electron chi connectivity index (χ1n) is 11.0. The molecule has 166 valence electrons. The molecule has 1 saturated heterocycles. The molecule has 7 heteroatoms. The number of aromatic nitrogens is 4. The fourth-order valence-electron chi connectivity index (χ4n) is 4.26. The predicted octanol–water partition coefficient (Wildman–Crippen LogP) is 3.49. The molecular weight excluding hydrogens is 414 g/mol. The van der Waals surface area contributed by atoms with Gasteiger partial charge in [-0.2, -0.15) is 5.10 Å². The predicted molar refractivity (Wildman–Crippen MR) is 126 cm³/mol. The Morgan fingerprint density at radius 1 is 0.909 bits per heavy atom. The fourth-order valence-corrected chi connectivity index (χ4v) is 4.26. The number of rotatable bonds is 5.